The Hall–Kier alpha value is -2.28. The molecule has 3 rings (SSSR count). The standard InChI is InChI=1S/C17H14N2O2S2/c20-16(18-21)10-7-12-5-8-14(9-6-12)19-23-17-11-13-3-1-2-4-15(13)22-17/h1-11,19,21H,(H,18,20)/b10-7+. The van der Waals surface area contributed by atoms with Gasteiger partial charge in [0.05, 0.1) is 4.21 Å². The Morgan fingerprint density at radius 1 is 1.13 bits per heavy atom. The molecule has 1 heterocycles. The van der Waals surface area contributed by atoms with Crippen molar-refractivity contribution in [2.24, 2.45) is 0 Å². The molecule has 6 heteroatoms. The molecule has 0 atom stereocenters. The van der Waals surface area contributed by atoms with Gasteiger partial charge in [-0.1, -0.05) is 30.3 Å². The van der Waals surface area contributed by atoms with Crippen molar-refractivity contribution in [3.05, 3.63) is 66.2 Å². The minimum atomic E-state index is -0.549. The molecule has 0 saturated heterocycles. The average molecular weight is 342 g/mol. The van der Waals surface area contributed by atoms with Gasteiger partial charge in [0, 0.05) is 16.5 Å². The maximum Gasteiger partial charge on any atom is 0.267 e. The second-order valence-electron chi connectivity index (χ2n) is 4.74. The summed E-state index contributed by atoms with van der Waals surface area (Å²) in [6.45, 7) is 0. The smallest absolute Gasteiger partial charge is 0.267 e. The van der Waals surface area contributed by atoms with Crippen molar-refractivity contribution in [2.75, 3.05) is 4.72 Å². The summed E-state index contributed by atoms with van der Waals surface area (Å²) in [5.41, 5.74) is 3.42. The van der Waals surface area contributed by atoms with E-state index in [1.807, 2.05) is 36.4 Å². The first kappa shape index (κ1) is 15.6. The molecule has 116 valence electrons. The Balaban J connectivity index is 1.62. The highest BCUT2D eigenvalue weighted by Crippen LogP contribution is 2.33. The van der Waals surface area contributed by atoms with E-state index in [2.05, 4.69) is 22.9 Å². The fourth-order valence-electron chi connectivity index (χ4n) is 1.99. The number of carbonyl (C=O) groups excluding carboxylic acids is 1. The van der Waals surface area contributed by atoms with Crippen LogP contribution in [-0.2, 0) is 4.79 Å². The van der Waals surface area contributed by atoms with Crippen LogP contribution in [0, 0.1) is 0 Å². The predicted octanol–water partition coefficient (Wildman–Crippen LogP) is 4.54. The van der Waals surface area contributed by atoms with Crippen LogP contribution in [0.5, 0.6) is 0 Å². The van der Waals surface area contributed by atoms with Gasteiger partial charge in [-0.2, -0.15) is 0 Å². The lowest BCUT2D eigenvalue weighted by Gasteiger charge is -2.03. The van der Waals surface area contributed by atoms with E-state index in [1.54, 1.807) is 34.8 Å². The summed E-state index contributed by atoms with van der Waals surface area (Å²) in [5.74, 6) is -0.549. The largest absolute Gasteiger partial charge is 0.325 e. The van der Waals surface area contributed by atoms with Gasteiger partial charge >= 0.3 is 0 Å². The zero-order valence-electron chi connectivity index (χ0n) is 12.0. The Bertz CT molecular complexity index is 808. The van der Waals surface area contributed by atoms with E-state index in [9.17, 15) is 4.79 Å². The van der Waals surface area contributed by atoms with Gasteiger partial charge in [0.1, 0.15) is 0 Å². The fraction of sp³-hybridized carbons (Fsp3) is 0. The van der Waals surface area contributed by atoms with E-state index in [4.69, 9.17) is 5.21 Å². The molecule has 0 aliphatic heterocycles. The maximum atomic E-state index is 10.9. The van der Waals surface area contributed by atoms with Crippen molar-refractivity contribution in [1.29, 1.82) is 0 Å². The number of nitrogens with one attached hydrogen (secondary N) is 2. The summed E-state index contributed by atoms with van der Waals surface area (Å²) >= 11 is 3.33. The third-order valence-corrected chi connectivity index (χ3v) is 5.19. The molecule has 0 spiro atoms. The first-order valence-corrected chi connectivity index (χ1v) is 8.51. The van der Waals surface area contributed by atoms with E-state index in [1.165, 1.54) is 20.4 Å². The van der Waals surface area contributed by atoms with Gasteiger partial charge in [-0.3, -0.25) is 10.0 Å². The molecule has 1 aromatic heterocycles. The van der Waals surface area contributed by atoms with E-state index >= 15 is 0 Å². The minimum absolute atomic E-state index is 0.549. The summed E-state index contributed by atoms with van der Waals surface area (Å²) in [7, 11) is 0. The molecule has 0 unspecified atom stereocenters. The molecule has 4 nitrogen and oxygen atoms in total. The zero-order chi connectivity index (χ0) is 16.1. The van der Waals surface area contributed by atoms with Crippen molar-refractivity contribution < 1.29 is 10.0 Å². The molecule has 1 amide bonds. The second-order valence-corrected chi connectivity index (χ2v) is 6.93. The second kappa shape index (κ2) is 7.32. The minimum Gasteiger partial charge on any atom is -0.325 e. The van der Waals surface area contributed by atoms with Crippen LogP contribution in [0.4, 0.5) is 5.69 Å². The molecule has 23 heavy (non-hydrogen) atoms. The van der Waals surface area contributed by atoms with Gasteiger partial charge in [-0.05, 0) is 53.2 Å². The Morgan fingerprint density at radius 3 is 2.65 bits per heavy atom. The molecule has 0 fully saturated rings. The van der Waals surface area contributed by atoms with Crippen LogP contribution >= 0.6 is 23.3 Å². The molecular weight excluding hydrogens is 328 g/mol. The van der Waals surface area contributed by atoms with Crippen LogP contribution in [0.3, 0.4) is 0 Å². The highest BCUT2D eigenvalue weighted by molar-refractivity contribution is 8.02. The Kier molecular flexibility index (Phi) is 4.97. The maximum absolute atomic E-state index is 10.9. The van der Waals surface area contributed by atoms with Crippen molar-refractivity contribution >= 4 is 51.0 Å². The third kappa shape index (κ3) is 4.13. The Morgan fingerprint density at radius 2 is 1.91 bits per heavy atom. The number of benzene rings is 2. The highest BCUT2D eigenvalue weighted by atomic mass is 32.2. The number of hydrogen-bond acceptors (Lipinski definition) is 5. The van der Waals surface area contributed by atoms with Crippen LogP contribution in [0.2, 0.25) is 0 Å². The van der Waals surface area contributed by atoms with E-state index in [0.29, 0.717) is 0 Å². The summed E-state index contributed by atoms with van der Waals surface area (Å²) in [4.78, 5) is 10.9. The number of hydrogen-bond donors (Lipinski definition) is 3. The van der Waals surface area contributed by atoms with E-state index < -0.39 is 5.91 Å². The van der Waals surface area contributed by atoms with Gasteiger partial charge in [0.15, 0.2) is 0 Å². The van der Waals surface area contributed by atoms with Crippen LogP contribution in [0.25, 0.3) is 16.2 Å². The molecule has 0 aliphatic carbocycles. The monoisotopic (exact) mass is 342 g/mol. The highest BCUT2D eigenvalue weighted by Gasteiger charge is 2.02. The van der Waals surface area contributed by atoms with Crippen LogP contribution in [-0.4, -0.2) is 11.1 Å². The predicted molar refractivity (Wildman–Crippen MR) is 96.7 cm³/mol. The zero-order valence-corrected chi connectivity index (χ0v) is 13.7. The number of thiophene rings is 1. The number of anilines is 1. The molecular formula is C17H14N2O2S2. The van der Waals surface area contributed by atoms with Crippen molar-refractivity contribution in [3.63, 3.8) is 0 Å². The van der Waals surface area contributed by atoms with Crippen molar-refractivity contribution in [3.8, 4) is 0 Å². The fourth-order valence-corrected chi connectivity index (χ4v) is 3.88. The van der Waals surface area contributed by atoms with Gasteiger partial charge in [-0.15, -0.1) is 11.3 Å². The molecule has 2 aromatic carbocycles. The van der Waals surface area contributed by atoms with Gasteiger partial charge in [0.2, 0.25) is 0 Å². The molecule has 3 N–H and O–H groups in total. The number of carbonyl (C=O) groups is 1. The summed E-state index contributed by atoms with van der Waals surface area (Å²) in [6, 6.07) is 18.2. The lowest BCUT2D eigenvalue weighted by molar-refractivity contribution is -0.124. The van der Waals surface area contributed by atoms with E-state index in [-0.39, 0.29) is 0 Å². The molecule has 0 bridgehead atoms. The SMILES string of the molecule is O=C(/C=C/c1ccc(NSc2cc3ccccc3s2)cc1)NO. The topological polar surface area (TPSA) is 61.4 Å². The lowest BCUT2D eigenvalue weighted by Crippen LogP contribution is -2.14. The summed E-state index contributed by atoms with van der Waals surface area (Å²) in [5, 5.41) is 9.68. The molecule has 0 aliphatic rings. The first-order valence-electron chi connectivity index (χ1n) is 6.88. The van der Waals surface area contributed by atoms with Gasteiger partial charge in [0.25, 0.3) is 5.91 Å². The number of rotatable bonds is 5. The molecule has 0 radical (unpaired) electrons. The average Bonchev–Trinajstić information content (AvgIpc) is 3.01. The third-order valence-electron chi connectivity index (χ3n) is 3.12. The molecule has 3 aromatic rings. The van der Waals surface area contributed by atoms with Crippen LogP contribution in [0.15, 0.2) is 64.9 Å². The van der Waals surface area contributed by atoms with E-state index in [0.717, 1.165) is 11.3 Å². The number of amides is 1. The van der Waals surface area contributed by atoms with Crippen LogP contribution < -0.4 is 10.2 Å². The Labute approximate surface area is 141 Å². The van der Waals surface area contributed by atoms with Gasteiger partial charge in [-0.25, -0.2) is 5.48 Å². The quantitative estimate of drug-likeness (QED) is 0.276. The van der Waals surface area contributed by atoms with Crippen molar-refractivity contribution in [2.45, 2.75) is 4.21 Å². The van der Waals surface area contributed by atoms with Crippen molar-refractivity contribution in [1.82, 2.24) is 5.48 Å². The summed E-state index contributed by atoms with van der Waals surface area (Å²) in [6.07, 6.45) is 2.91. The van der Waals surface area contributed by atoms with Gasteiger partial charge < -0.3 is 4.72 Å². The molecule has 0 saturated carbocycles. The first-order chi connectivity index (χ1) is 11.2. The normalized spacial score (nSPS) is 11.0. The number of hydroxylamine groups is 1. The number of fused-ring (bicyclic) bond motifs is 1. The summed E-state index contributed by atoms with van der Waals surface area (Å²) < 4.78 is 5.79. The van der Waals surface area contributed by atoms with Crippen LogP contribution in [0.1, 0.15) is 5.56 Å². The lowest BCUT2D eigenvalue weighted by atomic mass is 10.2.